The fourth-order valence-corrected chi connectivity index (χ4v) is 4.10. The van der Waals surface area contributed by atoms with Crippen molar-refractivity contribution in [2.75, 3.05) is 5.32 Å². The average molecular weight is 408 g/mol. The van der Waals surface area contributed by atoms with E-state index >= 15 is 0 Å². The zero-order chi connectivity index (χ0) is 21.9. The van der Waals surface area contributed by atoms with E-state index in [1.165, 1.54) is 30.4 Å². The van der Waals surface area contributed by atoms with Crippen molar-refractivity contribution in [3.05, 3.63) is 64.2 Å². The van der Waals surface area contributed by atoms with Crippen LogP contribution in [-0.4, -0.2) is 11.7 Å². The number of benzene rings is 2. The highest BCUT2D eigenvalue weighted by molar-refractivity contribution is 6.14. The lowest BCUT2D eigenvalue weighted by Crippen LogP contribution is -2.18. The molecule has 0 saturated heterocycles. The van der Waals surface area contributed by atoms with Crippen molar-refractivity contribution in [1.82, 2.24) is 0 Å². The van der Waals surface area contributed by atoms with Crippen molar-refractivity contribution in [1.29, 1.82) is 0 Å². The van der Waals surface area contributed by atoms with Crippen LogP contribution >= 0.6 is 0 Å². The minimum atomic E-state index is -0.0189. The number of carbonyl (C=O) groups is 2. The molecular formula is C27H37NO2. The number of anilines is 1. The first-order chi connectivity index (χ1) is 14.6. The first-order valence-electron chi connectivity index (χ1n) is 11.6. The van der Waals surface area contributed by atoms with Gasteiger partial charge in [0.15, 0.2) is 5.78 Å². The molecule has 1 N–H and O–H groups in total. The van der Waals surface area contributed by atoms with Crippen molar-refractivity contribution in [3.63, 3.8) is 0 Å². The summed E-state index contributed by atoms with van der Waals surface area (Å²) in [6, 6.07) is 11.4. The molecule has 2 rings (SSSR count). The topological polar surface area (TPSA) is 46.2 Å². The second kappa shape index (κ2) is 12.3. The molecule has 0 bridgehead atoms. The van der Waals surface area contributed by atoms with E-state index in [-0.39, 0.29) is 11.7 Å². The van der Waals surface area contributed by atoms with Crippen molar-refractivity contribution < 1.29 is 9.59 Å². The number of aryl methyl sites for hydroxylation is 1. The lowest BCUT2D eigenvalue weighted by atomic mass is 9.87. The van der Waals surface area contributed by atoms with Crippen molar-refractivity contribution in [2.45, 2.75) is 85.5 Å². The van der Waals surface area contributed by atoms with Gasteiger partial charge >= 0.3 is 0 Å². The van der Waals surface area contributed by atoms with Gasteiger partial charge in [-0.05, 0) is 54.9 Å². The van der Waals surface area contributed by atoms with Crippen LogP contribution in [0.2, 0.25) is 0 Å². The Labute approximate surface area is 182 Å². The molecule has 3 heteroatoms. The number of nitrogens with one attached hydrogen (secondary N) is 1. The Kier molecular flexibility index (Phi) is 9.79. The maximum atomic E-state index is 13.5. The number of unbranched alkanes of at least 4 members (excludes halogenated alkanes) is 3. The minimum absolute atomic E-state index is 0.0132. The third-order valence-electron chi connectivity index (χ3n) is 5.68. The number of carbonyl (C=O) groups excluding carboxylic acids is 2. The number of hydrogen-bond acceptors (Lipinski definition) is 2. The second-order valence-electron chi connectivity index (χ2n) is 7.93. The smallest absolute Gasteiger partial charge is 0.224 e. The third kappa shape index (κ3) is 6.04. The summed E-state index contributed by atoms with van der Waals surface area (Å²) < 4.78 is 0. The van der Waals surface area contributed by atoms with Crippen LogP contribution in [0.25, 0.3) is 0 Å². The summed E-state index contributed by atoms with van der Waals surface area (Å²) in [5.74, 6) is -0.0321. The molecule has 3 nitrogen and oxygen atoms in total. The lowest BCUT2D eigenvalue weighted by Gasteiger charge is -2.22. The molecule has 30 heavy (non-hydrogen) atoms. The zero-order valence-corrected chi connectivity index (χ0v) is 19.1. The molecule has 0 aliphatic heterocycles. The van der Waals surface area contributed by atoms with E-state index in [4.69, 9.17) is 0 Å². The fraction of sp³-hybridized carbons (Fsp3) is 0.481. The average Bonchev–Trinajstić information content (AvgIpc) is 2.77. The Morgan fingerprint density at radius 2 is 1.57 bits per heavy atom. The normalized spacial score (nSPS) is 10.8. The molecule has 0 unspecified atom stereocenters. The molecule has 2 aromatic rings. The van der Waals surface area contributed by atoms with Crippen LogP contribution in [0, 0.1) is 0 Å². The molecule has 0 radical (unpaired) electrons. The summed E-state index contributed by atoms with van der Waals surface area (Å²) in [6.07, 6.45) is 8.57. The monoisotopic (exact) mass is 407 g/mol. The summed E-state index contributed by atoms with van der Waals surface area (Å²) >= 11 is 0. The highest BCUT2D eigenvalue weighted by atomic mass is 16.1. The predicted octanol–water partition coefficient (Wildman–Crippen LogP) is 6.90. The van der Waals surface area contributed by atoms with Crippen molar-refractivity contribution >= 4 is 17.4 Å². The molecule has 0 saturated carbocycles. The number of hydrogen-bond donors (Lipinski definition) is 1. The van der Waals surface area contributed by atoms with Gasteiger partial charge in [-0.2, -0.15) is 0 Å². The van der Waals surface area contributed by atoms with E-state index in [0.717, 1.165) is 43.4 Å². The third-order valence-corrected chi connectivity index (χ3v) is 5.68. The Bertz CT molecular complexity index is 840. The summed E-state index contributed by atoms with van der Waals surface area (Å²) in [7, 11) is 0. The molecule has 1 amide bonds. The van der Waals surface area contributed by atoms with Crippen LogP contribution in [0.15, 0.2) is 36.4 Å². The number of amides is 1. The Morgan fingerprint density at radius 1 is 0.833 bits per heavy atom. The predicted molar refractivity (Wildman–Crippen MR) is 126 cm³/mol. The van der Waals surface area contributed by atoms with Gasteiger partial charge in [-0.3, -0.25) is 9.59 Å². The highest BCUT2D eigenvalue weighted by Gasteiger charge is 2.22. The van der Waals surface area contributed by atoms with E-state index in [0.29, 0.717) is 17.5 Å². The van der Waals surface area contributed by atoms with E-state index < -0.39 is 0 Å². The summed E-state index contributed by atoms with van der Waals surface area (Å²) in [6.45, 7) is 8.52. The Morgan fingerprint density at radius 3 is 2.17 bits per heavy atom. The molecular weight excluding hydrogens is 370 g/mol. The quantitative estimate of drug-likeness (QED) is 0.307. The molecule has 0 aliphatic rings. The van der Waals surface area contributed by atoms with Crippen molar-refractivity contribution in [3.8, 4) is 0 Å². The Hall–Kier alpha value is -2.42. The van der Waals surface area contributed by atoms with Gasteiger partial charge in [0.1, 0.15) is 0 Å². The summed E-state index contributed by atoms with van der Waals surface area (Å²) in [5, 5.41) is 3.14. The number of rotatable bonds is 12. The molecule has 0 aromatic heterocycles. The van der Waals surface area contributed by atoms with Gasteiger partial charge in [0.2, 0.25) is 5.91 Å². The molecule has 0 spiro atoms. The van der Waals surface area contributed by atoms with E-state index in [1.807, 2.05) is 43.3 Å². The molecule has 2 aromatic carbocycles. The number of ketones is 1. The van der Waals surface area contributed by atoms with Crippen LogP contribution in [-0.2, 0) is 24.1 Å². The standard InChI is InChI=1S/C27H37NO2/c1-5-9-10-14-18-23-22(8-4)20(7-3)19-24(26(23)28-25(29)15-6-2)27(30)21-16-12-11-13-17-21/h11-13,16-17,19H,5-10,14-15,18H2,1-4H3,(H,28,29). The van der Waals surface area contributed by atoms with Crippen LogP contribution < -0.4 is 5.32 Å². The highest BCUT2D eigenvalue weighted by Crippen LogP contribution is 2.33. The van der Waals surface area contributed by atoms with Gasteiger partial charge in [-0.15, -0.1) is 0 Å². The van der Waals surface area contributed by atoms with Gasteiger partial charge < -0.3 is 5.32 Å². The van der Waals surface area contributed by atoms with E-state index in [9.17, 15) is 9.59 Å². The molecule has 0 fully saturated rings. The van der Waals surface area contributed by atoms with Gasteiger partial charge in [0, 0.05) is 17.5 Å². The molecule has 162 valence electrons. The summed E-state index contributed by atoms with van der Waals surface area (Å²) in [4.78, 5) is 26.0. The summed E-state index contributed by atoms with van der Waals surface area (Å²) in [5.41, 5.74) is 5.71. The van der Waals surface area contributed by atoms with Gasteiger partial charge in [0.25, 0.3) is 0 Å². The van der Waals surface area contributed by atoms with Crippen LogP contribution in [0.5, 0.6) is 0 Å². The first-order valence-corrected chi connectivity index (χ1v) is 11.6. The first kappa shape index (κ1) is 23.9. The second-order valence-corrected chi connectivity index (χ2v) is 7.93. The van der Waals surface area contributed by atoms with Crippen LogP contribution in [0.1, 0.15) is 98.8 Å². The van der Waals surface area contributed by atoms with Gasteiger partial charge in [-0.25, -0.2) is 0 Å². The van der Waals surface area contributed by atoms with E-state index in [1.54, 1.807) is 0 Å². The van der Waals surface area contributed by atoms with Gasteiger partial charge in [-0.1, -0.05) is 77.3 Å². The largest absolute Gasteiger partial charge is 0.325 e. The lowest BCUT2D eigenvalue weighted by molar-refractivity contribution is -0.116. The zero-order valence-electron chi connectivity index (χ0n) is 19.1. The minimum Gasteiger partial charge on any atom is -0.325 e. The Balaban J connectivity index is 2.61. The SMILES string of the molecule is CCCCCCc1c(CC)c(CC)cc(C(=O)c2ccccc2)c1NC(=O)CCC. The molecule has 0 heterocycles. The van der Waals surface area contributed by atoms with Crippen LogP contribution in [0.4, 0.5) is 5.69 Å². The fourth-order valence-electron chi connectivity index (χ4n) is 4.10. The van der Waals surface area contributed by atoms with Crippen LogP contribution in [0.3, 0.4) is 0 Å². The maximum Gasteiger partial charge on any atom is 0.224 e. The molecule has 0 aliphatic carbocycles. The van der Waals surface area contributed by atoms with Crippen molar-refractivity contribution in [2.24, 2.45) is 0 Å². The van der Waals surface area contributed by atoms with E-state index in [2.05, 4.69) is 26.1 Å². The van der Waals surface area contributed by atoms with Gasteiger partial charge in [0.05, 0.1) is 5.69 Å². The molecule has 0 atom stereocenters. The maximum absolute atomic E-state index is 13.5.